The van der Waals surface area contributed by atoms with Crippen LogP contribution in [-0.2, 0) is 0 Å². The first-order valence-corrected chi connectivity index (χ1v) is 7.16. The lowest BCUT2D eigenvalue weighted by Crippen LogP contribution is -2.50. The predicted molar refractivity (Wildman–Crippen MR) is 77.9 cm³/mol. The highest BCUT2D eigenvalue weighted by molar-refractivity contribution is 6.31. The Hall–Kier alpha value is -0.570. The molecule has 1 aromatic rings. The van der Waals surface area contributed by atoms with Crippen LogP contribution in [0.4, 0.5) is 0 Å². The molecule has 2 N–H and O–H groups in total. The summed E-state index contributed by atoms with van der Waals surface area (Å²) in [5.41, 5.74) is 7.41. The van der Waals surface area contributed by atoms with Crippen molar-refractivity contribution in [2.24, 2.45) is 5.73 Å². The maximum absolute atomic E-state index is 6.30. The summed E-state index contributed by atoms with van der Waals surface area (Å²) >= 11 is 6.30. The number of hydrogen-bond donors (Lipinski definition) is 1. The van der Waals surface area contributed by atoms with Gasteiger partial charge in [0, 0.05) is 23.1 Å². The summed E-state index contributed by atoms with van der Waals surface area (Å²) in [6, 6.07) is 8.41. The molecule has 0 saturated heterocycles. The van der Waals surface area contributed by atoms with E-state index < -0.39 is 0 Å². The monoisotopic (exact) mass is 266 g/mol. The molecule has 0 aliphatic heterocycles. The molecule has 1 fully saturated rings. The van der Waals surface area contributed by atoms with Crippen LogP contribution in [0.1, 0.15) is 44.2 Å². The minimum Gasteiger partial charge on any atom is -0.329 e. The highest BCUT2D eigenvalue weighted by Crippen LogP contribution is 2.39. The molecule has 0 radical (unpaired) electrons. The molecule has 1 aromatic carbocycles. The van der Waals surface area contributed by atoms with Crippen LogP contribution < -0.4 is 5.73 Å². The normalized spacial score (nSPS) is 20.3. The molecular formula is C15H23ClN2. The first kappa shape index (κ1) is 13.9. The van der Waals surface area contributed by atoms with E-state index in [1.54, 1.807) is 0 Å². The molecule has 1 saturated carbocycles. The molecule has 0 amide bonds. The molecule has 1 unspecified atom stereocenters. The molecule has 0 heterocycles. The third-order valence-electron chi connectivity index (χ3n) is 4.60. The van der Waals surface area contributed by atoms with Gasteiger partial charge in [-0.05, 0) is 38.4 Å². The molecule has 0 aromatic heterocycles. The molecule has 2 rings (SSSR count). The lowest BCUT2D eigenvalue weighted by Gasteiger charge is -2.42. The number of rotatable bonds is 4. The van der Waals surface area contributed by atoms with Crippen LogP contribution in [0.3, 0.4) is 0 Å². The molecule has 100 valence electrons. The van der Waals surface area contributed by atoms with Crippen molar-refractivity contribution >= 4 is 11.6 Å². The Morgan fingerprint density at radius 3 is 2.50 bits per heavy atom. The van der Waals surface area contributed by atoms with Crippen molar-refractivity contribution in [1.82, 2.24) is 4.90 Å². The summed E-state index contributed by atoms with van der Waals surface area (Å²) in [5.74, 6) is 0. The van der Waals surface area contributed by atoms with Crippen molar-refractivity contribution in [2.75, 3.05) is 13.6 Å². The van der Waals surface area contributed by atoms with E-state index in [0.29, 0.717) is 6.04 Å². The van der Waals surface area contributed by atoms with Crippen LogP contribution in [0.5, 0.6) is 0 Å². The average Bonchev–Trinajstić information content (AvgIpc) is 2.87. The zero-order chi connectivity index (χ0) is 13.2. The van der Waals surface area contributed by atoms with Gasteiger partial charge in [0.2, 0.25) is 0 Å². The van der Waals surface area contributed by atoms with Gasteiger partial charge in [-0.3, -0.25) is 4.90 Å². The number of likely N-dealkylation sites (N-methyl/N-ethyl adjacent to an activating group) is 1. The van der Waals surface area contributed by atoms with Gasteiger partial charge in [-0.2, -0.15) is 0 Å². The van der Waals surface area contributed by atoms with Crippen molar-refractivity contribution in [3.63, 3.8) is 0 Å². The van der Waals surface area contributed by atoms with Gasteiger partial charge >= 0.3 is 0 Å². The average molecular weight is 267 g/mol. The third-order valence-corrected chi connectivity index (χ3v) is 4.94. The number of benzene rings is 1. The number of nitrogens with zero attached hydrogens (tertiary/aromatic N) is 1. The van der Waals surface area contributed by atoms with Gasteiger partial charge in [0.05, 0.1) is 0 Å². The quantitative estimate of drug-likeness (QED) is 0.902. The van der Waals surface area contributed by atoms with Gasteiger partial charge in [0.1, 0.15) is 0 Å². The van der Waals surface area contributed by atoms with Gasteiger partial charge in [-0.25, -0.2) is 0 Å². The fraction of sp³-hybridized carbons (Fsp3) is 0.600. The molecule has 3 heteroatoms. The molecule has 1 aliphatic carbocycles. The van der Waals surface area contributed by atoms with Gasteiger partial charge in [0.15, 0.2) is 0 Å². The van der Waals surface area contributed by atoms with Gasteiger partial charge in [0.25, 0.3) is 0 Å². The maximum atomic E-state index is 6.30. The first-order valence-electron chi connectivity index (χ1n) is 6.78. The molecule has 1 aliphatic rings. The van der Waals surface area contributed by atoms with E-state index in [1.807, 2.05) is 12.1 Å². The summed E-state index contributed by atoms with van der Waals surface area (Å²) in [5, 5.41) is 0.849. The molecule has 0 bridgehead atoms. The first-order chi connectivity index (χ1) is 8.60. The second kappa shape index (κ2) is 5.60. The highest BCUT2D eigenvalue weighted by Gasteiger charge is 2.38. The Kier molecular flexibility index (Phi) is 4.31. The van der Waals surface area contributed by atoms with Crippen molar-refractivity contribution < 1.29 is 0 Å². The van der Waals surface area contributed by atoms with Gasteiger partial charge < -0.3 is 5.73 Å². The van der Waals surface area contributed by atoms with Crippen LogP contribution in [0, 0.1) is 0 Å². The molecule has 0 spiro atoms. The second-order valence-electron chi connectivity index (χ2n) is 5.44. The van der Waals surface area contributed by atoms with E-state index in [0.717, 1.165) is 11.6 Å². The minimum atomic E-state index is 0.165. The fourth-order valence-corrected chi connectivity index (χ4v) is 3.46. The predicted octanol–water partition coefficient (Wildman–Crippen LogP) is 3.60. The van der Waals surface area contributed by atoms with E-state index in [9.17, 15) is 0 Å². The summed E-state index contributed by atoms with van der Waals surface area (Å²) < 4.78 is 0. The zero-order valence-electron chi connectivity index (χ0n) is 11.3. The smallest absolute Gasteiger partial charge is 0.0453 e. The van der Waals surface area contributed by atoms with Gasteiger partial charge in [-0.1, -0.05) is 42.6 Å². The third kappa shape index (κ3) is 2.42. The van der Waals surface area contributed by atoms with Crippen LogP contribution in [0.25, 0.3) is 0 Å². The van der Waals surface area contributed by atoms with E-state index in [4.69, 9.17) is 17.3 Å². The van der Waals surface area contributed by atoms with Crippen LogP contribution in [0.2, 0.25) is 5.02 Å². The van der Waals surface area contributed by atoms with E-state index in [2.05, 4.69) is 31.0 Å². The number of halogens is 1. The standard InChI is InChI=1S/C15H23ClN2/c1-12(13-7-3-4-8-14(13)16)18(2)15(11-17)9-5-6-10-15/h3-4,7-8,12H,5-6,9-11,17H2,1-2H3. The van der Waals surface area contributed by atoms with Gasteiger partial charge in [-0.15, -0.1) is 0 Å². The van der Waals surface area contributed by atoms with Crippen molar-refractivity contribution in [3.8, 4) is 0 Å². The van der Waals surface area contributed by atoms with Crippen LogP contribution in [0.15, 0.2) is 24.3 Å². The van der Waals surface area contributed by atoms with E-state index in [-0.39, 0.29) is 5.54 Å². The summed E-state index contributed by atoms with van der Waals surface area (Å²) in [7, 11) is 2.19. The Morgan fingerprint density at radius 2 is 1.94 bits per heavy atom. The lowest BCUT2D eigenvalue weighted by molar-refractivity contribution is 0.0896. The lowest BCUT2D eigenvalue weighted by atomic mass is 9.92. The molecule has 2 nitrogen and oxygen atoms in total. The van der Waals surface area contributed by atoms with E-state index in [1.165, 1.54) is 31.2 Å². The number of hydrogen-bond acceptors (Lipinski definition) is 2. The summed E-state index contributed by atoms with van der Waals surface area (Å²) in [6.45, 7) is 2.95. The SMILES string of the molecule is CC(c1ccccc1Cl)N(C)C1(CN)CCCC1. The second-order valence-corrected chi connectivity index (χ2v) is 5.85. The number of nitrogens with two attached hydrogens (primary N) is 1. The maximum Gasteiger partial charge on any atom is 0.0453 e. The Morgan fingerprint density at radius 1 is 1.33 bits per heavy atom. The Labute approximate surface area is 115 Å². The van der Waals surface area contributed by atoms with E-state index >= 15 is 0 Å². The molecular weight excluding hydrogens is 244 g/mol. The minimum absolute atomic E-state index is 0.165. The fourth-order valence-electron chi connectivity index (χ4n) is 3.17. The summed E-state index contributed by atoms with van der Waals surface area (Å²) in [4.78, 5) is 2.43. The van der Waals surface area contributed by atoms with Crippen LogP contribution in [-0.4, -0.2) is 24.0 Å². The van der Waals surface area contributed by atoms with Crippen molar-refractivity contribution in [2.45, 2.75) is 44.2 Å². The topological polar surface area (TPSA) is 29.3 Å². The Balaban J connectivity index is 2.23. The largest absolute Gasteiger partial charge is 0.329 e. The zero-order valence-corrected chi connectivity index (χ0v) is 12.1. The van der Waals surface area contributed by atoms with Crippen molar-refractivity contribution in [3.05, 3.63) is 34.9 Å². The van der Waals surface area contributed by atoms with Crippen LogP contribution >= 0.6 is 11.6 Å². The van der Waals surface area contributed by atoms with Crippen molar-refractivity contribution in [1.29, 1.82) is 0 Å². The molecule has 1 atom stereocenters. The summed E-state index contributed by atoms with van der Waals surface area (Å²) in [6.07, 6.45) is 4.98. The molecule has 18 heavy (non-hydrogen) atoms. The highest BCUT2D eigenvalue weighted by atomic mass is 35.5. The Bertz CT molecular complexity index is 399.